The van der Waals surface area contributed by atoms with Crippen molar-refractivity contribution in [2.24, 2.45) is 5.92 Å². The molecule has 1 aromatic carbocycles. The number of hydrogen-bond acceptors (Lipinski definition) is 2. The number of rotatable bonds is 5. The quantitative estimate of drug-likeness (QED) is 0.903. The van der Waals surface area contributed by atoms with E-state index in [4.69, 9.17) is 11.6 Å². The summed E-state index contributed by atoms with van der Waals surface area (Å²) in [5, 5.41) is 3.67. The van der Waals surface area contributed by atoms with Gasteiger partial charge in [-0.15, -0.1) is 0 Å². The monoisotopic (exact) mass is 308 g/mol. The van der Waals surface area contributed by atoms with Crippen molar-refractivity contribution in [1.82, 2.24) is 10.2 Å². The summed E-state index contributed by atoms with van der Waals surface area (Å²) in [5.41, 5.74) is 1.03. The van der Waals surface area contributed by atoms with E-state index < -0.39 is 0 Å². The van der Waals surface area contributed by atoms with Gasteiger partial charge < -0.3 is 5.32 Å². The van der Waals surface area contributed by atoms with Crippen LogP contribution in [0.1, 0.15) is 38.2 Å². The van der Waals surface area contributed by atoms with Gasteiger partial charge in [0.25, 0.3) is 0 Å². The summed E-state index contributed by atoms with van der Waals surface area (Å²) in [6.45, 7) is 3.32. The first-order chi connectivity index (χ1) is 10.0. The summed E-state index contributed by atoms with van der Waals surface area (Å²) in [6.07, 6.45) is 4.97. The smallest absolute Gasteiger partial charge is 0.234 e. The molecule has 4 heteroatoms. The van der Waals surface area contributed by atoms with Crippen molar-refractivity contribution in [3.63, 3.8) is 0 Å². The summed E-state index contributed by atoms with van der Waals surface area (Å²) in [5.74, 6) is 0.919. The summed E-state index contributed by atoms with van der Waals surface area (Å²) >= 11 is 5.94. The Bertz CT molecular complexity index is 470. The van der Waals surface area contributed by atoms with Gasteiger partial charge in [-0.3, -0.25) is 9.69 Å². The van der Waals surface area contributed by atoms with E-state index in [0.717, 1.165) is 11.5 Å². The van der Waals surface area contributed by atoms with Crippen molar-refractivity contribution in [3.8, 4) is 0 Å². The number of benzene rings is 1. The number of carbonyl (C=O) groups excluding carboxylic acids is 1. The molecule has 1 amide bonds. The average molecular weight is 309 g/mol. The van der Waals surface area contributed by atoms with Gasteiger partial charge in [0, 0.05) is 17.6 Å². The molecule has 0 spiro atoms. The number of carbonyl (C=O) groups is 1. The van der Waals surface area contributed by atoms with E-state index >= 15 is 0 Å². The first-order valence-corrected chi connectivity index (χ1v) is 8.14. The van der Waals surface area contributed by atoms with Crippen LogP contribution in [0.15, 0.2) is 24.3 Å². The molecule has 2 rings (SSSR count). The van der Waals surface area contributed by atoms with Gasteiger partial charge in [0.1, 0.15) is 0 Å². The van der Waals surface area contributed by atoms with Crippen LogP contribution in [-0.2, 0) is 11.3 Å². The Labute approximate surface area is 132 Å². The Hall–Kier alpha value is -1.06. The molecule has 1 fully saturated rings. The molecule has 1 aromatic rings. The molecule has 1 aliphatic carbocycles. The topological polar surface area (TPSA) is 32.3 Å². The fourth-order valence-electron chi connectivity index (χ4n) is 2.94. The molecular weight excluding hydrogens is 284 g/mol. The summed E-state index contributed by atoms with van der Waals surface area (Å²) < 4.78 is 0. The number of amides is 1. The van der Waals surface area contributed by atoms with Crippen molar-refractivity contribution < 1.29 is 4.79 Å². The standard InChI is InChI=1S/C17H25ClN2O/c1-13-6-8-16(9-7-13)20(2)12-17(21)19-11-14-4-3-5-15(18)10-14/h3-5,10,13,16H,6-9,11-12H2,1-2H3,(H,19,21). The van der Waals surface area contributed by atoms with Gasteiger partial charge >= 0.3 is 0 Å². The third-order valence-electron chi connectivity index (χ3n) is 4.38. The maximum atomic E-state index is 12.0. The second-order valence-electron chi connectivity index (χ2n) is 6.24. The molecule has 3 nitrogen and oxygen atoms in total. The number of nitrogens with one attached hydrogen (secondary N) is 1. The molecule has 1 N–H and O–H groups in total. The lowest BCUT2D eigenvalue weighted by atomic mass is 9.87. The van der Waals surface area contributed by atoms with Crippen LogP contribution in [0.5, 0.6) is 0 Å². The maximum absolute atomic E-state index is 12.0. The molecule has 0 heterocycles. The molecule has 0 bridgehead atoms. The van der Waals surface area contributed by atoms with E-state index in [9.17, 15) is 4.79 Å². The van der Waals surface area contributed by atoms with Gasteiger partial charge in [-0.25, -0.2) is 0 Å². The van der Waals surface area contributed by atoms with Crippen LogP contribution in [-0.4, -0.2) is 30.4 Å². The molecule has 0 saturated heterocycles. The predicted octanol–water partition coefficient (Wildman–Crippen LogP) is 3.47. The highest BCUT2D eigenvalue weighted by Gasteiger charge is 2.22. The third-order valence-corrected chi connectivity index (χ3v) is 4.62. The lowest BCUT2D eigenvalue weighted by Gasteiger charge is -2.33. The molecule has 21 heavy (non-hydrogen) atoms. The van der Waals surface area contributed by atoms with Gasteiger partial charge in [-0.2, -0.15) is 0 Å². The van der Waals surface area contributed by atoms with Gasteiger partial charge in [0.15, 0.2) is 0 Å². The molecule has 1 saturated carbocycles. The summed E-state index contributed by atoms with van der Waals surface area (Å²) in [6, 6.07) is 8.15. The lowest BCUT2D eigenvalue weighted by Crippen LogP contribution is -2.41. The van der Waals surface area contributed by atoms with E-state index in [1.54, 1.807) is 0 Å². The zero-order chi connectivity index (χ0) is 15.2. The average Bonchev–Trinajstić information content (AvgIpc) is 2.46. The number of hydrogen-bond donors (Lipinski definition) is 1. The van der Waals surface area contributed by atoms with Crippen molar-refractivity contribution in [2.75, 3.05) is 13.6 Å². The maximum Gasteiger partial charge on any atom is 0.234 e. The second kappa shape index (κ2) is 7.81. The fraction of sp³-hybridized carbons (Fsp3) is 0.588. The van der Waals surface area contributed by atoms with Crippen LogP contribution in [0, 0.1) is 5.92 Å². The first kappa shape index (κ1) is 16.3. The number of halogens is 1. The van der Waals surface area contributed by atoms with Gasteiger partial charge in [-0.05, 0) is 56.3 Å². The SMILES string of the molecule is CC1CCC(N(C)CC(=O)NCc2cccc(Cl)c2)CC1. The zero-order valence-corrected chi connectivity index (χ0v) is 13.7. The highest BCUT2D eigenvalue weighted by molar-refractivity contribution is 6.30. The molecule has 0 radical (unpaired) electrons. The van der Waals surface area contributed by atoms with E-state index in [-0.39, 0.29) is 5.91 Å². The minimum Gasteiger partial charge on any atom is -0.351 e. The molecule has 0 aliphatic heterocycles. The van der Waals surface area contributed by atoms with Gasteiger partial charge in [0.2, 0.25) is 5.91 Å². The lowest BCUT2D eigenvalue weighted by molar-refractivity contribution is -0.122. The normalized spacial score (nSPS) is 22.3. The zero-order valence-electron chi connectivity index (χ0n) is 12.9. The molecule has 116 valence electrons. The van der Waals surface area contributed by atoms with Crippen LogP contribution in [0.2, 0.25) is 5.02 Å². The Morgan fingerprint density at radius 3 is 2.71 bits per heavy atom. The van der Waals surface area contributed by atoms with E-state index in [1.165, 1.54) is 25.7 Å². The highest BCUT2D eigenvalue weighted by atomic mass is 35.5. The van der Waals surface area contributed by atoms with E-state index in [1.807, 2.05) is 24.3 Å². The van der Waals surface area contributed by atoms with Crippen LogP contribution < -0.4 is 5.32 Å². The first-order valence-electron chi connectivity index (χ1n) is 7.76. The fourth-order valence-corrected chi connectivity index (χ4v) is 3.16. The minimum absolute atomic E-state index is 0.0797. The van der Waals surface area contributed by atoms with E-state index in [0.29, 0.717) is 24.2 Å². The van der Waals surface area contributed by atoms with Crippen LogP contribution in [0.25, 0.3) is 0 Å². The third kappa shape index (κ3) is 5.33. The predicted molar refractivity (Wildman–Crippen MR) is 87.3 cm³/mol. The molecule has 0 atom stereocenters. The van der Waals surface area contributed by atoms with Crippen LogP contribution in [0.4, 0.5) is 0 Å². The van der Waals surface area contributed by atoms with Crippen molar-refractivity contribution in [2.45, 2.75) is 45.2 Å². The number of nitrogens with zero attached hydrogens (tertiary/aromatic N) is 1. The Kier molecular flexibility index (Phi) is 6.07. The molecule has 1 aliphatic rings. The Morgan fingerprint density at radius 1 is 1.33 bits per heavy atom. The van der Waals surface area contributed by atoms with Crippen molar-refractivity contribution in [3.05, 3.63) is 34.9 Å². The Morgan fingerprint density at radius 2 is 2.05 bits per heavy atom. The minimum atomic E-state index is 0.0797. The molecule has 0 unspecified atom stereocenters. The van der Waals surface area contributed by atoms with Gasteiger partial charge in [-0.1, -0.05) is 30.7 Å². The Balaban J connectivity index is 1.74. The van der Waals surface area contributed by atoms with Crippen molar-refractivity contribution in [1.29, 1.82) is 0 Å². The van der Waals surface area contributed by atoms with Crippen molar-refractivity contribution >= 4 is 17.5 Å². The molecule has 0 aromatic heterocycles. The van der Waals surface area contributed by atoms with Crippen LogP contribution in [0.3, 0.4) is 0 Å². The second-order valence-corrected chi connectivity index (χ2v) is 6.67. The van der Waals surface area contributed by atoms with E-state index in [2.05, 4.69) is 24.2 Å². The summed E-state index contributed by atoms with van der Waals surface area (Å²) in [4.78, 5) is 14.2. The van der Waals surface area contributed by atoms with Crippen LogP contribution >= 0.6 is 11.6 Å². The highest BCUT2D eigenvalue weighted by Crippen LogP contribution is 2.26. The number of likely N-dealkylation sites (N-methyl/N-ethyl adjacent to an activating group) is 1. The summed E-state index contributed by atoms with van der Waals surface area (Å²) in [7, 11) is 2.06. The van der Waals surface area contributed by atoms with Gasteiger partial charge in [0.05, 0.1) is 6.54 Å². The molecular formula is C17H25ClN2O. The largest absolute Gasteiger partial charge is 0.351 e.